The predicted molar refractivity (Wildman–Crippen MR) is 61.0 cm³/mol. The molecule has 0 aromatic heterocycles. The van der Waals surface area contributed by atoms with Crippen LogP contribution in [0.1, 0.15) is 6.42 Å². The fraction of sp³-hybridized carbons (Fsp3) is 0.583. The topological polar surface area (TPSA) is 91.4 Å². The second kappa shape index (κ2) is 5.22. The van der Waals surface area contributed by atoms with Crippen molar-refractivity contribution >= 4 is 17.8 Å². The minimum atomic E-state index is -1.03. The first-order valence-electron chi connectivity index (χ1n) is 6.27. The Bertz CT molecular complexity index is 474. The second-order valence-electron chi connectivity index (χ2n) is 4.70. The van der Waals surface area contributed by atoms with E-state index >= 15 is 0 Å². The molecule has 3 aliphatic rings. The van der Waals surface area contributed by atoms with E-state index in [1.54, 1.807) is 0 Å². The zero-order valence-electron chi connectivity index (χ0n) is 10.5. The number of hydroxylamine groups is 2. The van der Waals surface area contributed by atoms with Crippen LogP contribution in [0.3, 0.4) is 0 Å². The summed E-state index contributed by atoms with van der Waals surface area (Å²) >= 11 is 0. The fourth-order valence-corrected chi connectivity index (χ4v) is 2.38. The van der Waals surface area contributed by atoms with E-state index in [0.717, 1.165) is 18.6 Å². The summed E-state index contributed by atoms with van der Waals surface area (Å²) in [7, 11) is 0. The maximum absolute atomic E-state index is 11.6. The van der Waals surface area contributed by atoms with Gasteiger partial charge in [0.15, 0.2) is 12.1 Å². The predicted octanol–water partition coefficient (Wildman–Crippen LogP) is -0.217. The highest BCUT2D eigenvalue weighted by atomic mass is 16.8. The number of carbonyl (C=O) groups is 3. The van der Waals surface area contributed by atoms with Crippen molar-refractivity contribution in [1.82, 2.24) is 5.06 Å². The molecule has 2 saturated heterocycles. The maximum Gasteiger partial charge on any atom is 0.533 e. The Morgan fingerprint density at radius 1 is 1.30 bits per heavy atom. The van der Waals surface area contributed by atoms with E-state index < -0.39 is 18.2 Å². The van der Waals surface area contributed by atoms with E-state index in [1.165, 1.54) is 0 Å². The van der Waals surface area contributed by atoms with Gasteiger partial charge >= 0.3 is 6.16 Å². The average Bonchev–Trinajstić information content (AvgIpc) is 2.99. The number of hydrogen-bond acceptors (Lipinski definition) is 7. The Hall–Kier alpha value is -1.93. The molecule has 0 aliphatic carbocycles. The van der Waals surface area contributed by atoms with Crippen molar-refractivity contribution in [1.29, 1.82) is 0 Å². The Labute approximate surface area is 114 Å². The Morgan fingerprint density at radius 3 is 3.00 bits per heavy atom. The minimum Gasteiger partial charge on any atom is -0.426 e. The maximum atomic E-state index is 11.6. The Morgan fingerprint density at radius 2 is 2.15 bits per heavy atom. The number of carbonyl (C=O) groups excluding carboxylic acids is 3. The van der Waals surface area contributed by atoms with Crippen LogP contribution in [0.2, 0.25) is 0 Å². The number of ether oxygens (including phenoxy) is 3. The van der Waals surface area contributed by atoms with Crippen LogP contribution in [0.15, 0.2) is 12.2 Å². The number of ketones is 1. The van der Waals surface area contributed by atoms with Crippen molar-refractivity contribution in [3.05, 3.63) is 12.2 Å². The standard InChI is InChI=1S/C12H13NO7/c14-7-1-2-10(15)13(5-7)20-12(16)19-9-6-18-11-8(9)3-4-17-11/h1-2,8-9,11H,3-6H2/t8-,9-,11+/m0/s1. The van der Waals surface area contributed by atoms with Gasteiger partial charge in [-0.15, -0.1) is 0 Å². The van der Waals surface area contributed by atoms with Gasteiger partial charge < -0.3 is 19.0 Å². The highest BCUT2D eigenvalue weighted by Gasteiger charge is 2.44. The van der Waals surface area contributed by atoms with Crippen LogP contribution in [0.4, 0.5) is 4.79 Å². The quantitative estimate of drug-likeness (QED) is 0.647. The zero-order chi connectivity index (χ0) is 14.1. The lowest BCUT2D eigenvalue weighted by atomic mass is 10.0. The average molecular weight is 283 g/mol. The molecule has 0 saturated carbocycles. The highest BCUT2D eigenvalue weighted by Crippen LogP contribution is 2.33. The van der Waals surface area contributed by atoms with Crippen molar-refractivity contribution in [2.45, 2.75) is 18.8 Å². The van der Waals surface area contributed by atoms with Gasteiger partial charge in [-0.25, -0.2) is 4.79 Å². The smallest absolute Gasteiger partial charge is 0.426 e. The fourth-order valence-electron chi connectivity index (χ4n) is 2.38. The van der Waals surface area contributed by atoms with Gasteiger partial charge in [-0.05, 0) is 12.5 Å². The van der Waals surface area contributed by atoms with E-state index in [-0.39, 0.29) is 31.1 Å². The molecule has 0 bridgehead atoms. The van der Waals surface area contributed by atoms with Gasteiger partial charge in [0.2, 0.25) is 0 Å². The number of rotatable bonds is 2. The molecule has 8 nitrogen and oxygen atoms in total. The summed E-state index contributed by atoms with van der Waals surface area (Å²) in [5.74, 6) is -0.918. The largest absolute Gasteiger partial charge is 0.533 e. The van der Waals surface area contributed by atoms with Crippen LogP contribution in [0.5, 0.6) is 0 Å². The lowest BCUT2D eigenvalue weighted by Crippen LogP contribution is -2.40. The summed E-state index contributed by atoms with van der Waals surface area (Å²) in [5.41, 5.74) is 0. The van der Waals surface area contributed by atoms with E-state index in [9.17, 15) is 14.4 Å². The minimum absolute atomic E-state index is 0.0128. The molecule has 0 radical (unpaired) electrons. The second-order valence-corrected chi connectivity index (χ2v) is 4.70. The molecule has 3 rings (SSSR count). The molecule has 8 heteroatoms. The summed E-state index contributed by atoms with van der Waals surface area (Å²) in [6, 6.07) is 0. The first-order valence-corrected chi connectivity index (χ1v) is 6.27. The molecule has 3 aliphatic heterocycles. The van der Waals surface area contributed by atoms with Gasteiger partial charge in [-0.3, -0.25) is 9.59 Å². The summed E-state index contributed by atoms with van der Waals surface area (Å²) < 4.78 is 15.7. The summed E-state index contributed by atoms with van der Waals surface area (Å²) in [6.07, 6.45) is 1.10. The lowest BCUT2D eigenvalue weighted by molar-refractivity contribution is -0.173. The molecule has 20 heavy (non-hydrogen) atoms. The third kappa shape index (κ3) is 2.52. The molecule has 2 fully saturated rings. The van der Waals surface area contributed by atoms with Gasteiger partial charge in [-0.2, -0.15) is 5.06 Å². The van der Waals surface area contributed by atoms with Gasteiger partial charge in [0.1, 0.15) is 12.6 Å². The Balaban J connectivity index is 1.54. The van der Waals surface area contributed by atoms with Gasteiger partial charge in [-0.1, -0.05) is 0 Å². The molecule has 3 atom stereocenters. The monoisotopic (exact) mass is 283 g/mol. The molecule has 108 valence electrons. The van der Waals surface area contributed by atoms with Crippen molar-refractivity contribution in [2.75, 3.05) is 19.8 Å². The first-order chi connectivity index (χ1) is 9.63. The molecule has 1 amide bonds. The van der Waals surface area contributed by atoms with Crippen molar-refractivity contribution in [2.24, 2.45) is 5.92 Å². The molecule has 0 unspecified atom stereocenters. The molecule has 0 N–H and O–H groups in total. The third-order valence-electron chi connectivity index (χ3n) is 3.37. The van der Waals surface area contributed by atoms with E-state index in [4.69, 9.17) is 19.0 Å². The van der Waals surface area contributed by atoms with Gasteiger partial charge in [0, 0.05) is 6.08 Å². The van der Waals surface area contributed by atoms with Crippen molar-refractivity contribution in [3.8, 4) is 0 Å². The van der Waals surface area contributed by atoms with Crippen LogP contribution in [-0.4, -0.2) is 55.1 Å². The molecule has 3 heterocycles. The first kappa shape index (κ1) is 13.1. The number of nitrogens with zero attached hydrogens (tertiary/aromatic N) is 1. The SMILES string of the molecule is O=C1C=CC(=O)N(OC(=O)O[C@H]2CO[C@H]3OCC[C@H]32)C1. The van der Waals surface area contributed by atoms with Crippen LogP contribution in [0.25, 0.3) is 0 Å². The molecular formula is C12H13NO7. The highest BCUT2D eigenvalue weighted by molar-refractivity contribution is 6.04. The normalized spacial score (nSPS) is 32.4. The number of fused-ring (bicyclic) bond motifs is 1. The summed E-state index contributed by atoms with van der Waals surface area (Å²) in [4.78, 5) is 38.9. The number of hydrogen-bond donors (Lipinski definition) is 0. The lowest BCUT2D eigenvalue weighted by Gasteiger charge is -2.22. The molecule has 0 spiro atoms. The van der Waals surface area contributed by atoms with Crippen LogP contribution < -0.4 is 0 Å². The van der Waals surface area contributed by atoms with Crippen LogP contribution in [-0.2, 0) is 28.6 Å². The van der Waals surface area contributed by atoms with E-state index in [1.807, 2.05) is 0 Å². The molecular weight excluding hydrogens is 270 g/mol. The molecule has 0 aromatic rings. The van der Waals surface area contributed by atoms with E-state index in [2.05, 4.69) is 0 Å². The Kier molecular flexibility index (Phi) is 3.41. The summed E-state index contributed by atoms with van der Waals surface area (Å²) in [5, 5.41) is 0.670. The zero-order valence-corrected chi connectivity index (χ0v) is 10.5. The molecule has 0 aromatic carbocycles. The summed E-state index contributed by atoms with van der Waals surface area (Å²) in [6.45, 7) is 0.492. The third-order valence-corrected chi connectivity index (χ3v) is 3.37. The van der Waals surface area contributed by atoms with Crippen molar-refractivity contribution in [3.63, 3.8) is 0 Å². The van der Waals surface area contributed by atoms with Crippen LogP contribution >= 0.6 is 0 Å². The number of amides is 1. The van der Waals surface area contributed by atoms with Gasteiger partial charge in [0.05, 0.1) is 19.1 Å². The van der Waals surface area contributed by atoms with E-state index in [0.29, 0.717) is 11.7 Å². The van der Waals surface area contributed by atoms with Gasteiger partial charge in [0.25, 0.3) is 5.91 Å². The van der Waals surface area contributed by atoms with Crippen molar-refractivity contribution < 1.29 is 33.4 Å². The van der Waals surface area contributed by atoms with Crippen LogP contribution in [0, 0.1) is 5.92 Å².